The van der Waals surface area contributed by atoms with Crippen LogP contribution in [0.3, 0.4) is 0 Å². The van der Waals surface area contributed by atoms with Crippen LogP contribution in [0.15, 0.2) is 0 Å². The Morgan fingerprint density at radius 2 is 1.59 bits per heavy atom. The van der Waals surface area contributed by atoms with E-state index in [0.29, 0.717) is 10.8 Å². The average molecular weight is 229 g/mol. The summed E-state index contributed by atoms with van der Waals surface area (Å²) in [6, 6.07) is 2.79. The molecule has 4 atom stereocenters. The minimum absolute atomic E-state index is 0.114. The fraction of sp³-hybridized carbons (Fsp3) is 0.938. The van der Waals surface area contributed by atoms with Crippen LogP contribution in [-0.4, -0.2) is 0 Å². The van der Waals surface area contributed by atoms with Crippen molar-refractivity contribution in [1.29, 1.82) is 5.26 Å². The van der Waals surface area contributed by atoms with Gasteiger partial charge in [-0.05, 0) is 41.4 Å². The van der Waals surface area contributed by atoms with Crippen molar-refractivity contribution in [3.05, 3.63) is 0 Å². The van der Waals surface area contributed by atoms with E-state index >= 15 is 0 Å². The molecule has 1 nitrogen and oxygen atoms in total. The van der Waals surface area contributed by atoms with Crippen molar-refractivity contribution in [2.75, 3.05) is 0 Å². The number of fused-ring (bicyclic) bond motifs is 1. The Balaban J connectivity index is 1.61. The predicted octanol–water partition coefficient (Wildman–Crippen LogP) is 4.14. The molecule has 4 unspecified atom stereocenters. The van der Waals surface area contributed by atoms with E-state index in [9.17, 15) is 5.26 Å². The summed E-state index contributed by atoms with van der Waals surface area (Å²) in [4.78, 5) is 0. The van der Waals surface area contributed by atoms with Gasteiger partial charge in [-0.15, -0.1) is 0 Å². The smallest absolute Gasteiger partial charge is 0.0735 e. The van der Waals surface area contributed by atoms with E-state index in [0.717, 1.165) is 17.8 Å². The van der Waals surface area contributed by atoms with E-state index in [-0.39, 0.29) is 5.41 Å². The maximum Gasteiger partial charge on any atom is 0.0735 e. The maximum atomic E-state index is 9.74. The van der Waals surface area contributed by atoms with Gasteiger partial charge in [-0.3, -0.25) is 0 Å². The molecule has 0 aromatic heterocycles. The molecule has 0 heterocycles. The lowest BCUT2D eigenvalue weighted by molar-refractivity contribution is 0.132. The second-order valence-electron chi connectivity index (χ2n) is 7.47. The number of hydrogen-bond donors (Lipinski definition) is 0. The summed E-state index contributed by atoms with van der Waals surface area (Å²) in [5.41, 5.74) is 0.942. The number of nitrogens with zero attached hydrogens (tertiary/aromatic N) is 1. The Bertz CT molecular complexity index is 412. The van der Waals surface area contributed by atoms with Gasteiger partial charge in [0.1, 0.15) is 0 Å². The highest BCUT2D eigenvalue weighted by molar-refractivity contribution is 5.54. The lowest BCUT2D eigenvalue weighted by atomic mass is 9.68. The highest BCUT2D eigenvalue weighted by Gasteiger charge is 3.04. The maximum absolute atomic E-state index is 9.74. The SMILES string of the molecule is CC1(C2CC2)C2(C)C(C3CCCCC3)C12C#N. The first kappa shape index (κ1) is 10.4. The third kappa shape index (κ3) is 0.824. The van der Waals surface area contributed by atoms with Gasteiger partial charge in [-0.2, -0.15) is 5.26 Å². The molecule has 92 valence electrons. The Hall–Kier alpha value is -0.510. The summed E-state index contributed by atoms with van der Waals surface area (Å²) in [5, 5.41) is 9.74. The van der Waals surface area contributed by atoms with Gasteiger partial charge in [0.05, 0.1) is 11.5 Å². The van der Waals surface area contributed by atoms with Crippen molar-refractivity contribution in [1.82, 2.24) is 0 Å². The fourth-order valence-corrected chi connectivity index (χ4v) is 6.22. The third-order valence-corrected chi connectivity index (χ3v) is 7.35. The average Bonchev–Trinajstić information content (AvgIpc) is 3.25. The molecule has 4 aliphatic rings. The molecule has 0 bridgehead atoms. The molecule has 4 fully saturated rings. The molecule has 0 radical (unpaired) electrons. The Morgan fingerprint density at radius 1 is 0.941 bits per heavy atom. The second kappa shape index (κ2) is 2.73. The van der Waals surface area contributed by atoms with Crippen LogP contribution in [0.4, 0.5) is 0 Å². The molecular weight excluding hydrogens is 206 g/mol. The first-order valence-electron chi connectivity index (χ1n) is 7.56. The summed E-state index contributed by atoms with van der Waals surface area (Å²) >= 11 is 0. The van der Waals surface area contributed by atoms with Crippen molar-refractivity contribution < 1.29 is 0 Å². The van der Waals surface area contributed by atoms with E-state index < -0.39 is 0 Å². The van der Waals surface area contributed by atoms with E-state index in [4.69, 9.17) is 0 Å². The Morgan fingerprint density at radius 3 is 2.06 bits per heavy atom. The summed E-state index contributed by atoms with van der Waals surface area (Å²) in [6.45, 7) is 4.86. The van der Waals surface area contributed by atoms with Gasteiger partial charge in [0.25, 0.3) is 0 Å². The van der Waals surface area contributed by atoms with Crippen molar-refractivity contribution in [2.24, 2.45) is 34.0 Å². The van der Waals surface area contributed by atoms with Gasteiger partial charge in [0, 0.05) is 0 Å². The summed E-state index contributed by atoms with van der Waals surface area (Å²) in [5.74, 6) is 2.55. The summed E-state index contributed by atoms with van der Waals surface area (Å²) < 4.78 is 0. The molecule has 4 aliphatic carbocycles. The minimum atomic E-state index is 0.114. The molecule has 1 heteroatoms. The Labute approximate surface area is 105 Å². The molecule has 4 rings (SSSR count). The number of rotatable bonds is 2. The molecule has 4 saturated carbocycles. The zero-order chi connectivity index (χ0) is 11.9. The molecule has 0 spiro atoms. The van der Waals surface area contributed by atoms with Crippen molar-refractivity contribution >= 4 is 0 Å². The molecule has 0 aromatic rings. The van der Waals surface area contributed by atoms with Crippen LogP contribution in [0.25, 0.3) is 0 Å². The molecule has 0 N–H and O–H groups in total. The van der Waals surface area contributed by atoms with Crippen LogP contribution in [0.5, 0.6) is 0 Å². The fourth-order valence-electron chi connectivity index (χ4n) is 6.22. The summed E-state index contributed by atoms with van der Waals surface area (Å²) in [7, 11) is 0. The number of hydrogen-bond acceptors (Lipinski definition) is 1. The van der Waals surface area contributed by atoms with Gasteiger partial charge >= 0.3 is 0 Å². The Kier molecular flexibility index (Phi) is 1.68. The molecular formula is C16H23N. The van der Waals surface area contributed by atoms with Crippen LogP contribution >= 0.6 is 0 Å². The van der Waals surface area contributed by atoms with Gasteiger partial charge < -0.3 is 0 Å². The third-order valence-electron chi connectivity index (χ3n) is 7.35. The minimum Gasteiger partial charge on any atom is -0.198 e. The quantitative estimate of drug-likeness (QED) is 0.698. The van der Waals surface area contributed by atoms with Crippen molar-refractivity contribution in [2.45, 2.75) is 58.8 Å². The second-order valence-corrected chi connectivity index (χ2v) is 7.47. The van der Waals surface area contributed by atoms with Gasteiger partial charge in [0.2, 0.25) is 0 Å². The van der Waals surface area contributed by atoms with Gasteiger partial charge in [-0.1, -0.05) is 46.0 Å². The number of nitriles is 1. The van der Waals surface area contributed by atoms with Crippen LogP contribution in [-0.2, 0) is 0 Å². The molecule has 0 amide bonds. The van der Waals surface area contributed by atoms with Gasteiger partial charge in [0.15, 0.2) is 0 Å². The van der Waals surface area contributed by atoms with E-state index in [1.54, 1.807) is 0 Å². The van der Waals surface area contributed by atoms with E-state index in [1.807, 2.05) is 0 Å². The largest absolute Gasteiger partial charge is 0.198 e. The van der Waals surface area contributed by atoms with Gasteiger partial charge in [-0.25, -0.2) is 0 Å². The van der Waals surface area contributed by atoms with E-state index in [2.05, 4.69) is 19.9 Å². The molecule has 0 saturated heterocycles. The lowest BCUT2D eigenvalue weighted by Crippen LogP contribution is -2.30. The first-order chi connectivity index (χ1) is 8.14. The zero-order valence-electron chi connectivity index (χ0n) is 11.1. The molecule has 0 aromatic carbocycles. The molecule has 0 aliphatic heterocycles. The van der Waals surface area contributed by atoms with Crippen LogP contribution in [0, 0.1) is 45.3 Å². The lowest BCUT2D eigenvalue weighted by Gasteiger charge is -2.35. The highest BCUT2D eigenvalue weighted by Crippen LogP contribution is 3.04. The van der Waals surface area contributed by atoms with Crippen molar-refractivity contribution in [3.8, 4) is 6.07 Å². The predicted molar refractivity (Wildman–Crippen MR) is 67.0 cm³/mol. The molecule has 17 heavy (non-hydrogen) atoms. The highest BCUT2D eigenvalue weighted by atomic mass is 15.0. The first-order valence-corrected chi connectivity index (χ1v) is 7.56. The van der Waals surface area contributed by atoms with Crippen LogP contribution < -0.4 is 0 Å². The van der Waals surface area contributed by atoms with Crippen LogP contribution in [0.1, 0.15) is 58.8 Å². The topological polar surface area (TPSA) is 23.8 Å². The zero-order valence-corrected chi connectivity index (χ0v) is 11.1. The van der Waals surface area contributed by atoms with Crippen LogP contribution in [0.2, 0.25) is 0 Å². The standard InChI is InChI=1S/C16H23N/c1-14(12-8-9-12)15(2)13(16(14,15)10-17)11-6-4-3-5-7-11/h11-13H,3-9H2,1-2H3. The van der Waals surface area contributed by atoms with Crippen molar-refractivity contribution in [3.63, 3.8) is 0 Å². The monoisotopic (exact) mass is 229 g/mol. The van der Waals surface area contributed by atoms with E-state index in [1.165, 1.54) is 44.9 Å². The normalized spacial score (nSPS) is 57.1. The summed E-state index contributed by atoms with van der Waals surface area (Å²) in [6.07, 6.45) is 9.87.